The third kappa shape index (κ3) is 4.73. The van der Waals surface area contributed by atoms with E-state index in [0.717, 1.165) is 24.3 Å². The number of pyridine rings is 1. The van der Waals surface area contributed by atoms with Crippen LogP contribution in [0.3, 0.4) is 0 Å². The van der Waals surface area contributed by atoms with Crippen molar-refractivity contribution in [2.24, 2.45) is 11.3 Å². The van der Waals surface area contributed by atoms with Gasteiger partial charge in [0.1, 0.15) is 11.5 Å². The van der Waals surface area contributed by atoms with Crippen LogP contribution in [0.1, 0.15) is 66.1 Å². The molecule has 0 aliphatic carbocycles. The summed E-state index contributed by atoms with van der Waals surface area (Å²) >= 11 is 0. The number of aryl methyl sites for hydroxylation is 1. The Hall–Kier alpha value is -1.51. The van der Waals surface area contributed by atoms with Gasteiger partial charge >= 0.3 is 0 Å². The molecule has 0 fully saturated rings. The van der Waals surface area contributed by atoms with Crippen LogP contribution in [0, 0.1) is 18.3 Å². The van der Waals surface area contributed by atoms with Crippen molar-refractivity contribution in [3.05, 3.63) is 29.6 Å². The van der Waals surface area contributed by atoms with Crippen molar-refractivity contribution in [3.8, 4) is 0 Å². The molecule has 2 rings (SSSR count). The van der Waals surface area contributed by atoms with Crippen LogP contribution >= 0.6 is 0 Å². The SMILES string of the molecule is Cc1ccc2nc(CC(C)C)c(NC(C)(C)CC(C)(C)C)n2c1. The minimum absolute atomic E-state index is 0.0175. The second-order valence-corrected chi connectivity index (χ2v) is 9.19. The molecule has 0 atom stereocenters. The highest BCUT2D eigenvalue weighted by Gasteiger charge is 2.27. The largest absolute Gasteiger partial charge is 0.365 e. The molecule has 23 heavy (non-hydrogen) atoms. The fourth-order valence-corrected chi connectivity index (χ4v) is 3.55. The van der Waals surface area contributed by atoms with Gasteiger partial charge in [-0.3, -0.25) is 4.40 Å². The lowest BCUT2D eigenvalue weighted by Gasteiger charge is -2.34. The van der Waals surface area contributed by atoms with Crippen LogP contribution in [0.2, 0.25) is 0 Å². The first-order chi connectivity index (χ1) is 10.5. The van der Waals surface area contributed by atoms with Crippen LogP contribution in [0.15, 0.2) is 18.3 Å². The molecule has 0 aliphatic heterocycles. The molecule has 3 nitrogen and oxygen atoms in total. The number of imidazole rings is 1. The van der Waals surface area contributed by atoms with Crippen molar-refractivity contribution in [1.29, 1.82) is 0 Å². The van der Waals surface area contributed by atoms with E-state index in [1.807, 2.05) is 0 Å². The van der Waals surface area contributed by atoms with Gasteiger partial charge in [0.15, 0.2) is 0 Å². The molecule has 0 aliphatic rings. The lowest BCUT2D eigenvalue weighted by atomic mass is 9.82. The fraction of sp³-hybridized carbons (Fsp3) is 0.650. The number of hydrogen-bond acceptors (Lipinski definition) is 2. The summed E-state index contributed by atoms with van der Waals surface area (Å²) in [5.74, 6) is 1.75. The van der Waals surface area contributed by atoms with Gasteiger partial charge in [-0.15, -0.1) is 0 Å². The van der Waals surface area contributed by atoms with Crippen molar-refractivity contribution in [1.82, 2.24) is 9.38 Å². The fourth-order valence-electron chi connectivity index (χ4n) is 3.55. The zero-order chi connectivity index (χ0) is 17.4. The molecule has 3 heteroatoms. The Labute approximate surface area is 141 Å². The first-order valence-corrected chi connectivity index (χ1v) is 8.73. The summed E-state index contributed by atoms with van der Waals surface area (Å²) in [6, 6.07) is 4.24. The van der Waals surface area contributed by atoms with Gasteiger partial charge in [-0.1, -0.05) is 40.7 Å². The minimum atomic E-state index is 0.0175. The van der Waals surface area contributed by atoms with Gasteiger partial charge in [-0.05, 0) is 56.6 Å². The van der Waals surface area contributed by atoms with Crippen molar-refractivity contribution in [2.75, 3.05) is 5.32 Å². The van der Waals surface area contributed by atoms with Gasteiger partial charge in [0.25, 0.3) is 0 Å². The molecule has 0 saturated heterocycles. The normalized spacial score (nSPS) is 13.1. The van der Waals surface area contributed by atoms with Gasteiger partial charge in [0.2, 0.25) is 0 Å². The van der Waals surface area contributed by atoms with Crippen LogP contribution < -0.4 is 5.32 Å². The Morgan fingerprint density at radius 1 is 1.13 bits per heavy atom. The monoisotopic (exact) mass is 315 g/mol. The van der Waals surface area contributed by atoms with E-state index in [4.69, 9.17) is 4.98 Å². The quantitative estimate of drug-likeness (QED) is 0.793. The summed E-state index contributed by atoms with van der Waals surface area (Å²) in [7, 11) is 0. The van der Waals surface area contributed by atoms with E-state index in [1.165, 1.54) is 11.3 Å². The molecular weight excluding hydrogens is 282 g/mol. The van der Waals surface area contributed by atoms with Gasteiger partial charge < -0.3 is 5.32 Å². The second kappa shape index (κ2) is 6.18. The molecular formula is C20H33N3. The molecule has 0 radical (unpaired) electrons. The molecule has 2 heterocycles. The van der Waals surface area contributed by atoms with Crippen LogP contribution in [0.4, 0.5) is 5.82 Å². The second-order valence-electron chi connectivity index (χ2n) is 9.19. The topological polar surface area (TPSA) is 29.3 Å². The highest BCUT2D eigenvalue weighted by atomic mass is 15.2. The average Bonchev–Trinajstić information content (AvgIpc) is 2.63. The van der Waals surface area contributed by atoms with Crippen molar-refractivity contribution >= 4 is 11.5 Å². The summed E-state index contributed by atoms with van der Waals surface area (Å²) in [5, 5.41) is 3.80. The third-order valence-corrected chi connectivity index (χ3v) is 3.87. The Morgan fingerprint density at radius 3 is 2.35 bits per heavy atom. The van der Waals surface area contributed by atoms with E-state index in [9.17, 15) is 0 Å². The van der Waals surface area contributed by atoms with E-state index >= 15 is 0 Å². The summed E-state index contributed by atoms with van der Waals surface area (Å²) < 4.78 is 2.22. The predicted octanol–water partition coefficient (Wildman–Crippen LogP) is 5.47. The molecule has 0 bridgehead atoms. The molecule has 2 aromatic heterocycles. The zero-order valence-corrected chi connectivity index (χ0v) is 16.1. The summed E-state index contributed by atoms with van der Waals surface area (Å²) in [5.41, 5.74) is 3.75. The molecule has 2 aromatic rings. The summed E-state index contributed by atoms with van der Waals surface area (Å²) in [6.45, 7) is 18.1. The van der Waals surface area contributed by atoms with E-state index in [2.05, 4.69) is 83.4 Å². The van der Waals surface area contributed by atoms with E-state index in [-0.39, 0.29) is 11.0 Å². The number of nitrogens with zero attached hydrogens (tertiary/aromatic N) is 2. The molecule has 0 amide bonds. The number of hydrogen-bond donors (Lipinski definition) is 1. The number of rotatable bonds is 5. The lowest BCUT2D eigenvalue weighted by Crippen LogP contribution is -2.36. The standard InChI is InChI=1S/C20H33N3/c1-14(2)11-16-18(22-20(7,8)13-19(4,5)6)23-12-15(3)9-10-17(23)21-16/h9-10,12,14,22H,11,13H2,1-8H3. The van der Waals surface area contributed by atoms with Crippen molar-refractivity contribution in [2.45, 2.75) is 73.8 Å². The van der Waals surface area contributed by atoms with Crippen molar-refractivity contribution < 1.29 is 0 Å². The van der Waals surface area contributed by atoms with Crippen LogP contribution in [-0.2, 0) is 6.42 Å². The molecule has 128 valence electrons. The van der Waals surface area contributed by atoms with Gasteiger partial charge in [-0.25, -0.2) is 4.98 Å². The maximum absolute atomic E-state index is 4.88. The first-order valence-electron chi connectivity index (χ1n) is 8.73. The number of fused-ring (bicyclic) bond motifs is 1. The van der Waals surface area contributed by atoms with Crippen molar-refractivity contribution in [3.63, 3.8) is 0 Å². The van der Waals surface area contributed by atoms with Crippen LogP contribution in [0.5, 0.6) is 0 Å². The number of aromatic nitrogens is 2. The first kappa shape index (κ1) is 17.8. The summed E-state index contributed by atoms with van der Waals surface area (Å²) in [4.78, 5) is 4.88. The van der Waals surface area contributed by atoms with E-state index in [1.54, 1.807) is 0 Å². The number of anilines is 1. The highest BCUT2D eigenvalue weighted by molar-refractivity contribution is 5.57. The van der Waals surface area contributed by atoms with Gasteiger partial charge in [0, 0.05) is 11.7 Å². The van der Waals surface area contributed by atoms with E-state index < -0.39 is 0 Å². The lowest BCUT2D eigenvalue weighted by molar-refractivity contribution is 0.301. The smallest absolute Gasteiger partial charge is 0.138 e. The van der Waals surface area contributed by atoms with Crippen LogP contribution in [-0.4, -0.2) is 14.9 Å². The molecule has 0 unspecified atom stereocenters. The molecule has 0 aromatic carbocycles. The molecule has 0 spiro atoms. The Balaban J connectivity index is 2.45. The van der Waals surface area contributed by atoms with Crippen LogP contribution in [0.25, 0.3) is 5.65 Å². The Morgan fingerprint density at radius 2 is 1.78 bits per heavy atom. The maximum atomic E-state index is 4.88. The Bertz CT molecular complexity index is 672. The molecule has 1 N–H and O–H groups in total. The highest BCUT2D eigenvalue weighted by Crippen LogP contribution is 2.32. The maximum Gasteiger partial charge on any atom is 0.138 e. The number of nitrogens with one attached hydrogen (secondary N) is 1. The third-order valence-electron chi connectivity index (χ3n) is 3.87. The Kier molecular flexibility index (Phi) is 4.79. The van der Waals surface area contributed by atoms with E-state index in [0.29, 0.717) is 5.92 Å². The summed E-state index contributed by atoms with van der Waals surface area (Å²) in [6.07, 6.45) is 4.27. The average molecular weight is 316 g/mol. The molecule has 0 saturated carbocycles. The zero-order valence-electron chi connectivity index (χ0n) is 16.1. The van der Waals surface area contributed by atoms with Gasteiger partial charge in [-0.2, -0.15) is 0 Å². The van der Waals surface area contributed by atoms with Gasteiger partial charge in [0.05, 0.1) is 5.69 Å². The minimum Gasteiger partial charge on any atom is -0.365 e. The predicted molar refractivity (Wildman–Crippen MR) is 100 cm³/mol.